The van der Waals surface area contributed by atoms with Crippen LogP contribution in [0.3, 0.4) is 0 Å². The van der Waals surface area contributed by atoms with Crippen LogP contribution in [0.2, 0.25) is 0 Å². The van der Waals surface area contributed by atoms with Gasteiger partial charge in [-0.3, -0.25) is 0 Å². The molecule has 0 atom stereocenters. The van der Waals surface area contributed by atoms with E-state index in [4.69, 9.17) is 5.11 Å². The first-order valence-electron chi connectivity index (χ1n) is 8.41. The summed E-state index contributed by atoms with van der Waals surface area (Å²) in [4.78, 5) is 2.58. The summed E-state index contributed by atoms with van der Waals surface area (Å²) in [7, 11) is -3.52. The first kappa shape index (κ1) is 17.4. The lowest BCUT2D eigenvalue weighted by molar-refractivity contribution is 0.133. The Kier molecular flexibility index (Phi) is 5.50. The fraction of sp³-hybridized carbons (Fsp3) is 0.444. The van der Waals surface area contributed by atoms with Gasteiger partial charge in [-0.15, -0.1) is 0 Å². The molecule has 6 heteroatoms. The van der Waals surface area contributed by atoms with E-state index in [0.717, 1.165) is 36.7 Å². The van der Waals surface area contributed by atoms with Gasteiger partial charge in [0.1, 0.15) is 0 Å². The Morgan fingerprint density at radius 2 is 1.79 bits per heavy atom. The van der Waals surface area contributed by atoms with Crippen LogP contribution in [0, 0.1) is 5.92 Å². The summed E-state index contributed by atoms with van der Waals surface area (Å²) in [6.45, 7) is 3.18. The van der Waals surface area contributed by atoms with Crippen LogP contribution >= 0.6 is 0 Å². The summed E-state index contributed by atoms with van der Waals surface area (Å²) < 4.78 is 28.0. The lowest BCUT2D eigenvalue weighted by atomic mass is 9.98. The summed E-state index contributed by atoms with van der Waals surface area (Å²) in [6, 6.07) is 12.9. The summed E-state index contributed by atoms with van der Waals surface area (Å²) >= 11 is 0. The number of nitrogens with one attached hydrogen (secondary N) is 1. The van der Waals surface area contributed by atoms with Crippen LogP contribution in [0.25, 0.3) is 10.8 Å². The Labute approximate surface area is 143 Å². The number of benzene rings is 2. The normalized spacial score (nSPS) is 17.4. The number of fused-ring (bicyclic) bond motifs is 1. The second-order valence-corrected chi connectivity index (χ2v) is 8.08. The number of hydrogen-bond acceptors (Lipinski definition) is 4. The van der Waals surface area contributed by atoms with E-state index in [1.165, 1.54) is 0 Å². The largest absolute Gasteiger partial charge is 0.396 e. The maximum atomic E-state index is 12.6. The predicted molar refractivity (Wildman–Crippen MR) is 95.4 cm³/mol. The van der Waals surface area contributed by atoms with Gasteiger partial charge in [0.25, 0.3) is 0 Å². The van der Waals surface area contributed by atoms with Gasteiger partial charge in [0.05, 0.1) is 4.90 Å². The lowest BCUT2D eigenvalue weighted by Gasteiger charge is -2.30. The van der Waals surface area contributed by atoms with Gasteiger partial charge in [-0.1, -0.05) is 36.4 Å². The number of piperidine rings is 1. The van der Waals surface area contributed by atoms with Crippen molar-refractivity contribution in [3.8, 4) is 0 Å². The summed E-state index contributed by atoms with van der Waals surface area (Å²) in [5.74, 6) is 0.397. The van der Waals surface area contributed by atoms with Crippen molar-refractivity contribution in [1.29, 1.82) is 0 Å². The highest BCUT2D eigenvalue weighted by molar-refractivity contribution is 7.89. The summed E-state index contributed by atoms with van der Waals surface area (Å²) in [6.07, 6.45) is 1.96. The van der Waals surface area contributed by atoms with Crippen LogP contribution in [0.1, 0.15) is 12.8 Å². The number of sulfonamides is 1. The van der Waals surface area contributed by atoms with E-state index >= 15 is 0 Å². The second-order valence-electron chi connectivity index (χ2n) is 6.34. The molecular weight excluding hydrogens is 324 g/mol. The Bertz CT molecular complexity index is 778. The van der Waals surface area contributed by atoms with Crippen LogP contribution in [0.5, 0.6) is 0 Å². The highest BCUT2D eigenvalue weighted by Gasteiger charge is 2.20. The zero-order valence-corrected chi connectivity index (χ0v) is 14.5. The number of aliphatic hydroxyl groups is 1. The van der Waals surface area contributed by atoms with E-state index in [0.29, 0.717) is 23.9 Å². The molecule has 1 heterocycles. The third kappa shape index (κ3) is 3.95. The van der Waals surface area contributed by atoms with E-state index < -0.39 is 10.0 Å². The van der Waals surface area contributed by atoms with Crippen molar-refractivity contribution in [1.82, 2.24) is 9.62 Å². The predicted octanol–water partition coefficient (Wildman–Crippen LogP) is 1.82. The monoisotopic (exact) mass is 348 g/mol. The first-order chi connectivity index (χ1) is 11.6. The first-order valence-corrected chi connectivity index (χ1v) is 9.89. The minimum Gasteiger partial charge on any atom is -0.396 e. The van der Waals surface area contributed by atoms with Gasteiger partial charge in [-0.25, -0.2) is 13.1 Å². The van der Waals surface area contributed by atoms with E-state index in [9.17, 15) is 8.42 Å². The zero-order valence-electron chi connectivity index (χ0n) is 13.7. The van der Waals surface area contributed by atoms with Gasteiger partial charge in [-0.05, 0) is 43.3 Å². The van der Waals surface area contributed by atoms with Crippen LogP contribution in [0.4, 0.5) is 0 Å². The molecule has 0 radical (unpaired) electrons. The molecule has 1 aliphatic heterocycles. The van der Waals surface area contributed by atoms with Crippen molar-refractivity contribution in [2.75, 3.05) is 32.8 Å². The van der Waals surface area contributed by atoms with Crippen LogP contribution in [0.15, 0.2) is 47.4 Å². The average molecular weight is 348 g/mol. The maximum Gasteiger partial charge on any atom is 0.241 e. The number of nitrogens with zero attached hydrogens (tertiary/aromatic N) is 1. The molecule has 1 aliphatic rings. The van der Waals surface area contributed by atoms with Gasteiger partial charge in [0.2, 0.25) is 10.0 Å². The molecule has 1 saturated heterocycles. The smallest absolute Gasteiger partial charge is 0.241 e. The topological polar surface area (TPSA) is 69.6 Å². The SMILES string of the molecule is O=S(=O)(NCCN1CCC(CO)CC1)c1cccc2ccccc12. The van der Waals surface area contributed by atoms with Crippen LogP contribution in [-0.4, -0.2) is 51.2 Å². The Morgan fingerprint density at radius 1 is 1.08 bits per heavy atom. The Hall–Kier alpha value is -1.47. The highest BCUT2D eigenvalue weighted by atomic mass is 32.2. The third-order valence-corrected chi connectivity index (χ3v) is 6.24. The molecule has 3 rings (SSSR count). The molecule has 0 spiro atoms. The molecule has 2 N–H and O–H groups in total. The number of aliphatic hydroxyl groups excluding tert-OH is 1. The van der Waals surface area contributed by atoms with Crippen LogP contribution < -0.4 is 4.72 Å². The van der Waals surface area contributed by atoms with Gasteiger partial charge < -0.3 is 10.0 Å². The van der Waals surface area contributed by atoms with Crippen molar-refractivity contribution >= 4 is 20.8 Å². The van der Waals surface area contributed by atoms with Gasteiger partial charge in [0, 0.05) is 25.1 Å². The maximum absolute atomic E-state index is 12.6. The molecule has 2 aromatic carbocycles. The van der Waals surface area contributed by atoms with Crippen molar-refractivity contribution in [3.05, 3.63) is 42.5 Å². The van der Waals surface area contributed by atoms with E-state index in [1.54, 1.807) is 12.1 Å². The van der Waals surface area contributed by atoms with E-state index in [-0.39, 0.29) is 6.61 Å². The number of rotatable bonds is 6. The average Bonchev–Trinajstić information content (AvgIpc) is 2.61. The quantitative estimate of drug-likeness (QED) is 0.835. The Morgan fingerprint density at radius 3 is 2.54 bits per heavy atom. The number of hydrogen-bond donors (Lipinski definition) is 2. The minimum atomic E-state index is -3.52. The third-order valence-electron chi connectivity index (χ3n) is 4.72. The van der Waals surface area contributed by atoms with Crippen molar-refractivity contribution < 1.29 is 13.5 Å². The minimum absolute atomic E-state index is 0.252. The molecule has 130 valence electrons. The molecule has 0 aromatic heterocycles. The molecule has 0 saturated carbocycles. The molecule has 0 unspecified atom stereocenters. The summed E-state index contributed by atoms with van der Waals surface area (Å²) in [5.41, 5.74) is 0. The molecule has 1 fully saturated rings. The fourth-order valence-electron chi connectivity index (χ4n) is 3.24. The van der Waals surface area contributed by atoms with Crippen molar-refractivity contribution in [2.24, 2.45) is 5.92 Å². The summed E-state index contributed by atoms with van der Waals surface area (Å²) in [5, 5.41) is 10.8. The Balaban J connectivity index is 1.62. The number of likely N-dealkylation sites (tertiary alicyclic amines) is 1. The van der Waals surface area contributed by atoms with Gasteiger partial charge in [0.15, 0.2) is 0 Å². The molecule has 2 aromatic rings. The standard InChI is InChI=1S/C18H24N2O3S/c21-14-15-8-11-20(12-9-15)13-10-19-24(22,23)18-7-3-5-16-4-1-2-6-17(16)18/h1-7,15,19,21H,8-14H2. The molecule has 0 amide bonds. The highest BCUT2D eigenvalue weighted by Crippen LogP contribution is 2.22. The zero-order chi connectivity index (χ0) is 17.0. The van der Waals surface area contributed by atoms with Crippen molar-refractivity contribution in [2.45, 2.75) is 17.7 Å². The fourth-order valence-corrected chi connectivity index (χ4v) is 4.49. The van der Waals surface area contributed by atoms with Gasteiger partial charge >= 0.3 is 0 Å². The van der Waals surface area contributed by atoms with E-state index in [2.05, 4.69) is 9.62 Å². The second kappa shape index (κ2) is 7.61. The van der Waals surface area contributed by atoms with Crippen LogP contribution in [-0.2, 0) is 10.0 Å². The van der Waals surface area contributed by atoms with E-state index in [1.807, 2.05) is 30.3 Å². The van der Waals surface area contributed by atoms with Crippen molar-refractivity contribution in [3.63, 3.8) is 0 Å². The lowest BCUT2D eigenvalue weighted by Crippen LogP contribution is -2.40. The molecule has 0 bridgehead atoms. The van der Waals surface area contributed by atoms with Gasteiger partial charge in [-0.2, -0.15) is 0 Å². The molecule has 24 heavy (non-hydrogen) atoms. The molecule has 0 aliphatic carbocycles. The molecular formula is C18H24N2O3S. The molecule has 5 nitrogen and oxygen atoms in total.